The summed E-state index contributed by atoms with van der Waals surface area (Å²) in [6.45, 7) is 8.88. The van der Waals surface area contributed by atoms with Gasteiger partial charge in [0.25, 0.3) is 0 Å². The first-order chi connectivity index (χ1) is 5.19. The predicted molar refractivity (Wildman–Crippen MR) is 46.9 cm³/mol. The van der Waals surface area contributed by atoms with Crippen LogP contribution in [0, 0.1) is 5.21 Å². The van der Waals surface area contributed by atoms with Gasteiger partial charge in [0.15, 0.2) is 5.54 Å². The van der Waals surface area contributed by atoms with Crippen LogP contribution in [-0.2, 0) is 4.74 Å². The topological polar surface area (TPSA) is 47.7 Å². The number of azo groups is 1. The number of hydroxylamine groups is 1. The van der Waals surface area contributed by atoms with Crippen molar-refractivity contribution in [2.45, 2.75) is 45.9 Å². The van der Waals surface area contributed by atoms with Crippen molar-refractivity contribution in [3.63, 3.8) is 0 Å². The molecule has 0 rings (SSSR count). The van der Waals surface area contributed by atoms with E-state index in [0.717, 1.165) is 0 Å². The number of nitrogens with zero attached hydrogens (tertiary/aromatic N) is 2. The summed E-state index contributed by atoms with van der Waals surface area (Å²) in [6.07, 6.45) is 0. The van der Waals surface area contributed by atoms with E-state index in [1.165, 1.54) is 7.11 Å². The minimum atomic E-state index is -0.741. The van der Waals surface area contributed by atoms with E-state index in [9.17, 15) is 5.21 Å². The monoisotopic (exact) mass is 174 g/mol. The van der Waals surface area contributed by atoms with Gasteiger partial charge in [-0.1, -0.05) is 4.86 Å². The second kappa shape index (κ2) is 3.39. The molecule has 0 saturated heterocycles. The van der Waals surface area contributed by atoms with Crippen LogP contribution in [0.1, 0.15) is 34.6 Å². The van der Waals surface area contributed by atoms with Gasteiger partial charge in [-0.2, -0.15) is 0 Å². The molecule has 0 aromatic heterocycles. The molecule has 72 valence electrons. The average molecular weight is 174 g/mol. The zero-order chi connectivity index (χ0) is 9.99. The zero-order valence-electron chi connectivity index (χ0n) is 8.71. The lowest BCUT2D eigenvalue weighted by molar-refractivity contribution is -0.608. The first kappa shape index (κ1) is 11.4. The summed E-state index contributed by atoms with van der Waals surface area (Å²) in [7, 11) is 1.53. The molecule has 0 unspecified atom stereocenters. The van der Waals surface area contributed by atoms with Crippen molar-refractivity contribution >= 4 is 0 Å². The number of hydrogen-bond acceptors (Lipinski definition) is 3. The molecule has 0 amide bonds. The Morgan fingerprint density at radius 3 is 1.83 bits per heavy atom. The molecule has 0 aliphatic carbocycles. The lowest BCUT2D eigenvalue weighted by atomic mass is 10.1. The fourth-order valence-electron chi connectivity index (χ4n) is 0.410. The summed E-state index contributed by atoms with van der Waals surface area (Å²) in [6, 6.07) is 0. The van der Waals surface area contributed by atoms with Gasteiger partial charge in [0.2, 0.25) is 5.72 Å². The van der Waals surface area contributed by atoms with Crippen molar-refractivity contribution in [3.05, 3.63) is 5.21 Å². The van der Waals surface area contributed by atoms with E-state index in [1.807, 2.05) is 0 Å². The van der Waals surface area contributed by atoms with Crippen molar-refractivity contribution in [2.24, 2.45) is 5.11 Å². The van der Waals surface area contributed by atoms with E-state index in [1.54, 1.807) is 34.6 Å². The summed E-state index contributed by atoms with van der Waals surface area (Å²) in [5.74, 6) is 0. The summed E-state index contributed by atoms with van der Waals surface area (Å²) in [5, 5.41) is 15.2. The maximum Gasteiger partial charge on any atom is 0.216 e. The molecule has 4 nitrogen and oxygen atoms in total. The van der Waals surface area contributed by atoms with Crippen LogP contribution in [0.15, 0.2) is 5.11 Å². The Labute approximate surface area is 73.8 Å². The average Bonchev–Trinajstić information content (AvgIpc) is 1.85. The Morgan fingerprint density at radius 1 is 1.17 bits per heavy atom. The molecule has 0 aromatic carbocycles. The highest BCUT2D eigenvalue weighted by Gasteiger charge is 2.26. The first-order valence-electron chi connectivity index (χ1n) is 3.94. The lowest BCUT2D eigenvalue weighted by Crippen LogP contribution is -2.32. The Bertz CT molecular complexity index is 180. The quantitative estimate of drug-likeness (QED) is 0.366. The SMILES string of the molecule is COC(C)(C)N=[N+]([O-])C(C)(C)C. The Hall–Kier alpha value is -0.640. The number of hydrogen-bond donors (Lipinski definition) is 0. The molecule has 0 aliphatic rings. The minimum absolute atomic E-state index is 0.504. The smallest absolute Gasteiger partial charge is 0.216 e. The highest BCUT2D eigenvalue weighted by Crippen LogP contribution is 2.14. The van der Waals surface area contributed by atoms with Crippen LogP contribution in [0.5, 0.6) is 0 Å². The van der Waals surface area contributed by atoms with Crippen LogP contribution in [0.3, 0.4) is 0 Å². The van der Waals surface area contributed by atoms with E-state index in [-0.39, 0.29) is 0 Å². The molecule has 0 saturated carbocycles. The molecule has 0 aliphatic heterocycles. The van der Waals surface area contributed by atoms with Crippen LogP contribution >= 0.6 is 0 Å². The lowest BCUT2D eigenvalue weighted by Gasteiger charge is -2.20. The van der Waals surface area contributed by atoms with E-state index in [4.69, 9.17) is 4.74 Å². The second-order valence-corrected chi connectivity index (χ2v) is 4.19. The maximum absolute atomic E-state index is 11.3. The van der Waals surface area contributed by atoms with Gasteiger partial charge in [0.1, 0.15) is 0 Å². The fraction of sp³-hybridized carbons (Fsp3) is 1.00. The van der Waals surface area contributed by atoms with Gasteiger partial charge in [-0.05, 0) is 13.8 Å². The molecule has 0 radical (unpaired) electrons. The molecule has 0 heterocycles. The van der Waals surface area contributed by atoms with Crippen molar-refractivity contribution < 1.29 is 9.60 Å². The maximum atomic E-state index is 11.3. The van der Waals surface area contributed by atoms with Gasteiger partial charge >= 0.3 is 0 Å². The van der Waals surface area contributed by atoms with Gasteiger partial charge < -0.3 is 9.94 Å². The molecule has 4 heteroatoms. The van der Waals surface area contributed by atoms with Crippen molar-refractivity contribution in [1.82, 2.24) is 0 Å². The Balaban J connectivity index is 4.57. The Kier molecular flexibility index (Phi) is 3.21. The van der Waals surface area contributed by atoms with Gasteiger partial charge in [-0.25, -0.2) is 0 Å². The van der Waals surface area contributed by atoms with E-state index in [2.05, 4.69) is 5.11 Å². The standard InChI is InChI=1S/C8H18N2O2/c1-7(2,3)10(11)9-8(4,5)12-6/h1-6H3. The number of methoxy groups -OCH3 is 1. The highest BCUT2D eigenvalue weighted by molar-refractivity contribution is 4.60. The molecular weight excluding hydrogens is 156 g/mol. The van der Waals surface area contributed by atoms with Crippen LogP contribution in [0.25, 0.3) is 0 Å². The molecule has 0 fully saturated rings. The largest absolute Gasteiger partial charge is 0.599 e. The molecule has 12 heavy (non-hydrogen) atoms. The third kappa shape index (κ3) is 3.67. The Morgan fingerprint density at radius 2 is 1.58 bits per heavy atom. The summed E-state index contributed by atoms with van der Waals surface area (Å²) < 4.78 is 5.00. The molecule has 0 spiro atoms. The molecule has 0 bridgehead atoms. The van der Waals surface area contributed by atoms with E-state index < -0.39 is 11.3 Å². The second-order valence-electron chi connectivity index (χ2n) is 4.19. The van der Waals surface area contributed by atoms with Crippen molar-refractivity contribution in [3.8, 4) is 0 Å². The van der Waals surface area contributed by atoms with Gasteiger partial charge in [-0.3, -0.25) is 0 Å². The van der Waals surface area contributed by atoms with Gasteiger partial charge in [0, 0.05) is 33.0 Å². The summed E-state index contributed by atoms with van der Waals surface area (Å²) in [5.41, 5.74) is -1.25. The summed E-state index contributed by atoms with van der Waals surface area (Å²) >= 11 is 0. The van der Waals surface area contributed by atoms with Crippen molar-refractivity contribution in [2.75, 3.05) is 7.11 Å². The molecule has 0 N–H and O–H groups in total. The first-order valence-corrected chi connectivity index (χ1v) is 3.94. The predicted octanol–water partition coefficient (Wildman–Crippen LogP) is 2.13. The van der Waals surface area contributed by atoms with Crippen LogP contribution in [0.4, 0.5) is 0 Å². The van der Waals surface area contributed by atoms with Gasteiger partial charge in [0.05, 0.1) is 0 Å². The zero-order valence-corrected chi connectivity index (χ0v) is 8.71. The van der Waals surface area contributed by atoms with Crippen LogP contribution in [-0.4, -0.2) is 23.2 Å². The third-order valence-corrected chi connectivity index (χ3v) is 1.41. The third-order valence-electron chi connectivity index (χ3n) is 1.41. The number of ether oxygens (including phenoxy) is 1. The summed E-state index contributed by atoms with van der Waals surface area (Å²) in [4.78, 5) is 0.677. The van der Waals surface area contributed by atoms with Crippen LogP contribution < -0.4 is 0 Å². The number of rotatable bonds is 2. The minimum Gasteiger partial charge on any atom is -0.599 e. The van der Waals surface area contributed by atoms with Crippen LogP contribution in [0.2, 0.25) is 0 Å². The normalized spacial score (nSPS) is 15.0. The molecular formula is C8H18N2O2. The van der Waals surface area contributed by atoms with E-state index in [0.29, 0.717) is 4.86 Å². The highest BCUT2D eigenvalue weighted by atomic mass is 16.5. The fourth-order valence-corrected chi connectivity index (χ4v) is 0.410. The van der Waals surface area contributed by atoms with E-state index >= 15 is 0 Å². The van der Waals surface area contributed by atoms with Gasteiger partial charge in [-0.15, -0.1) is 0 Å². The molecule has 0 aromatic rings. The molecule has 0 atom stereocenters. The van der Waals surface area contributed by atoms with Crippen molar-refractivity contribution in [1.29, 1.82) is 0 Å².